The van der Waals surface area contributed by atoms with Crippen molar-refractivity contribution in [3.05, 3.63) is 65.0 Å². The van der Waals surface area contributed by atoms with Crippen LogP contribution in [0.25, 0.3) is 5.57 Å². The van der Waals surface area contributed by atoms with Crippen molar-refractivity contribution in [3.63, 3.8) is 0 Å². The minimum atomic E-state index is -1.24. The molecule has 0 aromatic heterocycles. The van der Waals surface area contributed by atoms with Crippen LogP contribution in [-0.4, -0.2) is 0 Å². The highest BCUT2D eigenvalue weighted by Crippen LogP contribution is 2.49. The van der Waals surface area contributed by atoms with Gasteiger partial charge in [0.2, 0.25) is 0 Å². The fourth-order valence-corrected chi connectivity index (χ4v) is 3.53. The molecule has 0 fully saturated rings. The van der Waals surface area contributed by atoms with Crippen LogP contribution in [0.5, 0.6) is 11.5 Å². The van der Waals surface area contributed by atoms with E-state index in [1.54, 1.807) is 19.1 Å². The molecule has 3 nitrogen and oxygen atoms in total. The monoisotopic (exact) mass is 335 g/mol. The summed E-state index contributed by atoms with van der Waals surface area (Å²) in [6.07, 6.45) is 6.71. The van der Waals surface area contributed by atoms with Gasteiger partial charge in [0.15, 0.2) is 11.5 Å². The van der Waals surface area contributed by atoms with Crippen molar-refractivity contribution >= 4 is 5.57 Å². The van der Waals surface area contributed by atoms with Crippen molar-refractivity contribution in [1.29, 1.82) is 5.26 Å². The molecule has 1 unspecified atom stereocenters. The molecule has 126 valence electrons. The SMILES string of the molecule is CC1(c2ccc(C#N)cc2F)Oc2cccc(C3=CCCCC3)c2O1. The molecule has 1 heterocycles. The number of allylic oxidation sites excluding steroid dienone is 2. The Morgan fingerprint density at radius 3 is 2.76 bits per heavy atom. The van der Waals surface area contributed by atoms with Gasteiger partial charge in [-0.25, -0.2) is 4.39 Å². The van der Waals surface area contributed by atoms with E-state index in [0.29, 0.717) is 11.5 Å². The maximum Gasteiger partial charge on any atom is 0.278 e. The zero-order valence-electron chi connectivity index (χ0n) is 14.0. The third-order valence-electron chi connectivity index (χ3n) is 4.80. The molecule has 2 aromatic rings. The van der Waals surface area contributed by atoms with Crippen molar-refractivity contribution in [3.8, 4) is 17.6 Å². The van der Waals surface area contributed by atoms with Crippen LogP contribution in [0.3, 0.4) is 0 Å². The smallest absolute Gasteiger partial charge is 0.278 e. The molecule has 1 atom stereocenters. The van der Waals surface area contributed by atoms with Gasteiger partial charge in [0, 0.05) is 12.5 Å². The first-order valence-electron chi connectivity index (χ1n) is 8.51. The Bertz CT molecular complexity index is 913. The largest absolute Gasteiger partial charge is 0.444 e. The lowest BCUT2D eigenvalue weighted by Crippen LogP contribution is -2.32. The van der Waals surface area contributed by atoms with Gasteiger partial charge in [-0.15, -0.1) is 0 Å². The summed E-state index contributed by atoms with van der Waals surface area (Å²) in [5.41, 5.74) is 2.84. The van der Waals surface area contributed by atoms with Gasteiger partial charge in [0.25, 0.3) is 5.79 Å². The van der Waals surface area contributed by atoms with E-state index in [0.717, 1.165) is 24.8 Å². The van der Waals surface area contributed by atoms with Crippen LogP contribution >= 0.6 is 0 Å². The summed E-state index contributed by atoms with van der Waals surface area (Å²) in [5, 5.41) is 8.92. The quantitative estimate of drug-likeness (QED) is 0.748. The van der Waals surface area contributed by atoms with E-state index in [1.165, 1.54) is 18.1 Å². The fraction of sp³-hybridized carbons (Fsp3) is 0.286. The molecule has 0 spiro atoms. The number of halogens is 1. The molecule has 2 aliphatic rings. The molecule has 4 heteroatoms. The van der Waals surface area contributed by atoms with Crippen molar-refractivity contribution < 1.29 is 13.9 Å². The number of nitrogens with zero attached hydrogens (tertiary/aromatic N) is 1. The van der Waals surface area contributed by atoms with Gasteiger partial charge in [0.1, 0.15) is 5.82 Å². The van der Waals surface area contributed by atoms with Crippen LogP contribution in [0.15, 0.2) is 42.5 Å². The summed E-state index contributed by atoms with van der Waals surface area (Å²) in [6.45, 7) is 1.70. The second-order valence-electron chi connectivity index (χ2n) is 6.56. The van der Waals surface area contributed by atoms with Gasteiger partial charge in [-0.05, 0) is 55.5 Å². The number of hydrogen-bond acceptors (Lipinski definition) is 3. The number of para-hydroxylation sites is 1. The van der Waals surface area contributed by atoms with Crippen LogP contribution in [-0.2, 0) is 5.79 Å². The normalized spacial score (nSPS) is 21.6. The summed E-state index contributed by atoms with van der Waals surface area (Å²) >= 11 is 0. The summed E-state index contributed by atoms with van der Waals surface area (Å²) in [7, 11) is 0. The first-order chi connectivity index (χ1) is 12.1. The molecule has 1 aliphatic heterocycles. The molecule has 4 rings (SSSR count). The maximum atomic E-state index is 14.5. The first kappa shape index (κ1) is 15.7. The molecule has 0 amide bonds. The number of hydrogen-bond donors (Lipinski definition) is 0. The van der Waals surface area contributed by atoms with E-state index < -0.39 is 11.6 Å². The molecule has 0 N–H and O–H groups in total. The van der Waals surface area contributed by atoms with Crippen molar-refractivity contribution in [1.82, 2.24) is 0 Å². The van der Waals surface area contributed by atoms with E-state index in [-0.39, 0.29) is 11.1 Å². The predicted octanol–water partition coefficient (Wildman–Crippen LogP) is 5.30. The highest BCUT2D eigenvalue weighted by Gasteiger charge is 2.42. The van der Waals surface area contributed by atoms with Crippen molar-refractivity contribution in [2.45, 2.75) is 38.4 Å². The standard InChI is InChI=1S/C21H18FNO2/c1-21(17-11-10-14(13-23)12-18(17)22)24-19-9-5-8-16(20(19)25-21)15-6-3-2-4-7-15/h5-6,8-12H,2-4,7H2,1H3. The zero-order valence-corrected chi connectivity index (χ0v) is 14.0. The Morgan fingerprint density at radius 1 is 1.16 bits per heavy atom. The van der Waals surface area contributed by atoms with E-state index in [4.69, 9.17) is 14.7 Å². The van der Waals surface area contributed by atoms with E-state index in [2.05, 4.69) is 6.08 Å². The molecular weight excluding hydrogens is 317 g/mol. The number of nitriles is 1. The highest BCUT2D eigenvalue weighted by atomic mass is 19.1. The van der Waals surface area contributed by atoms with Crippen LogP contribution in [0, 0.1) is 17.1 Å². The van der Waals surface area contributed by atoms with Crippen LogP contribution in [0.2, 0.25) is 0 Å². The zero-order chi connectivity index (χ0) is 17.4. The molecule has 0 saturated carbocycles. The van der Waals surface area contributed by atoms with Gasteiger partial charge in [0.05, 0.1) is 17.2 Å². The highest BCUT2D eigenvalue weighted by molar-refractivity contribution is 5.74. The molecule has 1 aliphatic carbocycles. The van der Waals surface area contributed by atoms with Crippen LogP contribution < -0.4 is 9.47 Å². The Hall–Kier alpha value is -2.80. The number of rotatable bonds is 2. The van der Waals surface area contributed by atoms with Gasteiger partial charge >= 0.3 is 0 Å². The number of fused-ring (bicyclic) bond motifs is 1. The average molecular weight is 335 g/mol. The van der Waals surface area contributed by atoms with Gasteiger partial charge in [-0.2, -0.15) is 5.26 Å². The van der Waals surface area contributed by atoms with Gasteiger partial charge < -0.3 is 9.47 Å². The number of benzene rings is 2. The van der Waals surface area contributed by atoms with Crippen LogP contribution in [0.4, 0.5) is 4.39 Å². The third-order valence-corrected chi connectivity index (χ3v) is 4.80. The third kappa shape index (κ3) is 2.66. The lowest BCUT2D eigenvalue weighted by molar-refractivity contribution is -0.0708. The molecular formula is C21H18FNO2. The van der Waals surface area contributed by atoms with Gasteiger partial charge in [-0.3, -0.25) is 0 Å². The summed E-state index contributed by atoms with van der Waals surface area (Å²) in [5.74, 6) is -0.462. The Balaban J connectivity index is 1.74. The topological polar surface area (TPSA) is 42.2 Å². The predicted molar refractivity (Wildman–Crippen MR) is 92.6 cm³/mol. The molecule has 0 radical (unpaired) electrons. The Kier molecular flexibility index (Phi) is 3.73. The van der Waals surface area contributed by atoms with E-state index in [9.17, 15) is 4.39 Å². The minimum absolute atomic E-state index is 0.272. The number of ether oxygens (including phenoxy) is 2. The average Bonchev–Trinajstić information content (AvgIpc) is 2.99. The maximum absolute atomic E-state index is 14.5. The lowest BCUT2D eigenvalue weighted by Gasteiger charge is -2.24. The van der Waals surface area contributed by atoms with E-state index >= 15 is 0 Å². The molecule has 0 bridgehead atoms. The van der Waals surface area contributed by atoms with Crippen LogP contribution in [0.1, 0.15) is 49.3 Å². The summed E-state index contributed by atoms with van der Waals surface area (Å²) in [4.78, 5) is 0. The van der Waals surface area contributed by atoms with Gasteiger partial charge in [-0.1, -0.05) is 18.2 Å². The minimum Gasteiger partial charge on any atom is -0.444 e. The summed E-state index contributed by atoms with van der Waals surface area (Å²) < 4.78 is 26.6. The second kappa shape index (κ2) is 5.93. The van der Waals surface area contributed by atoms with E-state index in [1.807, 2.05) is 24.3 Å². The summed E-state index contributed by atoms with van der Waals surface area (Å²) in [6, 6.07) is 12.1. The molecule has 0 saturated heterocycles. The second-order valence-corrected chi connectivity index (χ2v) is 6.56. The van der Waals surface area contributed by atoms with Crippen molar-refractivity contribution in [2.24, 2.45) is 0 Å². The lowest BCUT2D eigenvalue weighted by atomic mass is 9.93. The van der Waals surface area contributed by atoms with Crippen molar-refractivity contribution in [2.75, 3.05) is 0 Å². The Labute approximate surface area is 146 Å². The first-order valence-corrected chi connectivity index (χ1v) is 8.51. The molecule has 25 heavy (non-hydrogen) atoms. The fourth-order valence-electron chi connectivity index (χ4n) is 3.53. The molecule has 2 aromatic carbocycles. The Morgan fingerprint density at radius 2 is 2.04 bits per heavy atom.